The first-order valence-corrected chi connectivity index (χ1v) is 36.8. The number of hydrogen-bond donors (Lipinski definition) is 0. The monoisotopic (exact) mass is 1290 g/mol. The summed E-state index contributed by atoms with van der Waals surface area (Å²) in [5.74, 6) is 0. The highest BCUT2D eigenvalue weighted by molar-refractivity contribution is 7.87. The third-order valence-electron chi connectivity index (χ3n) is 20.4. The van der Waals surface area contributed by atoms with E-state index in [1.54, 1.807) is 0 Å². The van der Waals surface area contributed by atoms with Crippen molar-refractivity contribution in [1.82, 2.24) is 9.13 Å². The van der Waals surface area contributed by atoms with Gasteiger partial charge in [0.25, 0.3) is 0 Å². The second-order valence-corrected chi connectivity index (χ2v) is 31.0. The van der Waals surface area contributed by atoms with E-state index in [-0.39, 0.29) is 0 Å². The van der Waals surface area contributed by atoms with Crippen LogP contribution in [0.2, 0.25) is 0 Å². The minimum absolute atomic E-state index is 0.876. The molecule has 4 heterocycles. The van der Waals surface area contributed by atoms with E-state index < -0.39 is 14.3 Å². The van der Waals surface area contributed by atoms with Crippen molar-refractivity contribution >= 4 is 111 Å². The van der Waals surface area contributed by atoms with Crippen LogP contribution in [0.4, 0.5) is 0 Å². The van der Waals surface area contributed by atoms with Crippen molar-refractivity contribution in [3.63, 3.8) is 0 Å². The molecule has 2 unspecified atom stereocenters. The lowest BCUT2D eigenvalue weighted by molar-refractivity contribution is 0.592. The Morgan fingerprint density at radius 3 is 1.07 bits per heavy atom. The number of benzene rings is 16. The SMILES string of the molecule is O=P1(c2ccccc2)c2ccccc2-c2ccc3c(c21)c1ccccc1n3-c1ccc(-c2ccc(-c3ccc4ccccc4c3)cc2)cc1.O=P1(c2ccccc2)c2ccccc2-c2ccc3c(c21)c1ccccc1n3-c1ccc(-c2ccc(-c3cccc4ccccc34)cc2)cc1. The highest BCUT2D eigenvalue weighted by Crippen LogP contribution is 2.57. The topological polar surface area (TPSA) is 44.0 Å². The Bertz CT molecular complexity index is 6320. The Morgan fingerprint density at radius 2 is 0.571 bits per heavy atom. The van der Waals surface area contributed by atoms with Crippen molar-refractivity contribution in [3.05, 3.63) is 364 Å². The third kappa shape index (κ3) is 8.92. The standard InChI is InChI=1S/2C46H30NOP/c48-49(36-13-2-1-3-14-36)44-20-9-7-16-39(44)40-29-30-43-45(46(40)49)41-17-6-8-19-42(41)47(43)35-27-25-32(26-28-35)31-21-23-34(24-22-31)38-18-10-12-33-11-4-5-15-37(33)38;48-49(38-12-2-1-3-13-38)44-17-9-7-14-39(44)40-28-29-43-45(46(40)49)41-15-6-8-16-42(41)47(43)37-26-24-33(25-27-37)32-18-20-34(21-19-32)36-23-22-31-10-4-5-11-35(31)30-36/h2*1-30H. The third-order valence-corrected chi connectivity index (χ3v) is 26.8. The van der Waals surface area contributed by atoms with E-state index in [4.69, 9.17) is 0 Å². The van der Waals surface area contributed by atoms with E-state index in [9.17, 15) is 0 Å². The van der Waals surface area contributed by atoms with Gasteiger partial charge < -0.3 is 18.3 Å². The minimum atomic E-state index is -3.13. The van der Waals surface area contributed by atoms with Gasteiger partial charge in [0.05, 0.1) is 22.1 Å². The summed E-state index contributed by atoms with van der Waals surface area (Å²) in [4.78, 5) is 0. The molecule has 98 heavy (non-hydrogen) atoms. The Kier molecular flexibility index (Phi) is 13.4. The van der Waals surface area contributed by atoms with Gasteiger partial charge in [-0.05, 0) is 143 Å². The van der Waals surface area contributed by atoms with Gasteiger partial charge in [0.2, 0.25) is 0 Å². The molecule has 0 saturated carbocycles. The van der Waals surface area contributed by atoms with E-state index in [1.807, 2.05) is 72.8 Å². The maximum Gasteiger partial charge on any atom is 0.172 e. The molecule has 0 amide bonds. The van der Waals surface area contributed by atoms with Crippen LogP contribution in [0.15, 0.2) is 364 Å². The van der Waals surface area contributed by atoms with Gasteiger partial charge in [-0.2, -0.15) is 0 Å². The molecule has 0 N–H and O–H groups in total. The average Bonchev–Trinajstić information content (AvgIpc) is 1.53. The summed E-state index contributed by atoms with van der Waals surface area (Å²) in [5.41, 5.74) is 20.4. The molecule has 0 fully saturated rings. The van der Waals surface area contributed by atoms with Crippen LogP contribution in [0.5, 0.6) is 0 Å². The van der Waals surface area contributed by atoms with Crippen molar-refractivity contribution in [3.8, 4) is 78.1 Å². The number of para-hydroxylation sites is 2. The van der Waals surface area contributed by atoms with Crippen molar-refractivity contribution < 1.29 is 9.13 Å². The Labute approximate surface area is 568 Å². The molecule has 2 aliphatic rings. The van der Waals surface area contributed by atoms with E-state index in [0.717, 1.165) is 109 Å². The van der Waals surface area contributed by atoms with Gasteiger partial charge >= 0.3 is 0 Å². The van der Waals surface area contributed by atoms with Crippen molar-refractivity contribution in [2.75, 3.05) is 0 Å². The summed E-state index contributed by atoms with van der Waals surface area (Å²) >= 11 is 0. The fourth-order valence-electron chi connectivity index (χ4n) is 15.9. The normalized spacial score (nSPS) is 15.1. The highest BCUT2D eigenvalue weighted by Gasteiger charge is 2.44. The smallest absolute Gasteiger partial charge is 0.172 e. The van der Waals surface area contributed by atoms with E-state index in [1.165, 1.54) is 66.1 Å². The molecule has 20 rings (SSSR count). The van der Waals surface area contributed by atoms with Crippen LogP contribution in [0.25, 0.3) is 143 Å². The molecule has 0 bridgehead atoms. The lowest BCUT2D eigenvalue weighted by Crippen LogP contribution is -2.21. The van der Waals surface area contributed by atoms with Crippen LogP contribution < -0.4 is 31.8 Å². The van der Waals surface area contributed by atoms with Crippen LogP contribution >= 0.6 is 14.3 Å². The first-order chi connectivity index (χ1) is 48.4. The zero-order valence-corrected chi connectivity index (χ0v) is 55.0. The molecule has 2 aliphatic heterocycles. The van der Waals surface area contributed by atoms with Crippen LogP contribution in [0, 0.1) is 0 Å². The number of nitrogens with zero attached hydrogens (tertiary/aromatic N) is 2. The van der Waals surface area contributed by atoms with Gasteiger partial charge in [0, 0.05) is 64.7 Å². The minimum Gasteiger partial charge on any atom is -0.309 e. The predicted octanol–water partition coefficient (Wildman–Crippen LogP) is 21.8. The van der Waals surface area contributed by atoms with E-state index in [0.29, 0.717) is 0 Å². The molecule has 0 radical (unpaired) electrons. The fourth-order valence-corrected chi connectivity index (χ4v) is 22.5. The van der Waals surface area contributed by atoms with Crippen LogP contribution in [0.1, 0.15) is 0 Å². The van der Waals surface area contributed by atoms with Crippen molar-refractivity contribution in [2.45, 2.75) is 0 Å². The first-order valence-electron chi connectivity index (χ1n) is 33.4. The fraction of sp³-hybridized carbons (Fsp3) is 0. The second kappa shape index (κ2) is 22.9. The van der Waals surface area contributed by atoms with Crippen LogP contribution in [0.3, 0.4) is 0 Å². The molecule has 6 heteroatoms. The Balaban J connectivity index is 0.000000137. The summed E-state index contributed by atoms with van der Waals surface area (Å²) in [6, 6.07) is 128. The van der Waals surface area contributed by atoms with E-state index in [2.05, 4.69) is 300 Å². The average molecular weight is 1290 g/mol. The van der Waals surface area contributed by atoms with Gasteiger partial charge in [0.15, 0.2) is 14.3 Å². The lowest BCUT2D eigenvalue weighted by atomic mass is 9.96. The molecule has 0 spiro atoms. The Hall–Kier alpha value is -11.9. The van der Waals surface area contributed by atoms with Gasteiger partial charge in [-0.1, -0.05) is 309 Å². The van der Waals surface area contributed by atoms with Gasteiger partial charge in [-0.3, -0.25) is 0 Å². The molecule has 4 nitrogen and oxygen atoms in total. The Morgan fingerprint density at radius 1 is 0.214 bits per heavy atom. The zero-order valence-electron chi connectivity index (χ0n) is 53.2. The van der Waals surface area contributed by atoms with Gasteiger partial charge in [-0.15, -0.1) is 0 Å². The zero-order chi connectivity index (χ0) is 65.1. The maximum absolute atomic E-state index is 15.6. The molecule has 2 aromatic heterocycles. The number of aromatic nitrogens is 2. The first kappa shape index (κ1) is 57.5. The number of hydrogen-bond acceptors (Lipinski definition) is 2. The molecule has 2 atom stereocenters. The molecule has 0 saturated heterocycles. The number of rotatable bonds is 8. The molecular weight excluding hydrogens is 1230 g/mol. The van der Waals surface area contributed by atoms with Crippen molar-refractivity contribution in [1.29, 1.82) is 0 Å². The quantitative estimate of drug-likeness (QED) is 0.142. The largest absolute Gasteiger partial charge is 0.309 e. The van der Waals surface area contributed by atoms with Gasteiger partial charge in [-0.25, -0.2) is 0 Å². The summed E-state index contributed by atoms with van der Waals surface area (Å²) in [6.45, 7) is 0. The molecule has 0 aliphatic carbocycles. The summed E-state index contributed by atoms with van der Waals surface area (Å²) in [5, 5.41) is 14.9. The van der Waals surface area contributed by atoms with Crippen LogP contribution in [-0.4, -0.2) is 9.13 Å². The lowest BCUT2D eigenvalue weighted by Gasteiger charge is -2.17. The summed E-state index contributed by atoms with van der Waals surface area (Å²) in [6.07, 6.45) is 0. The maximum atomic E-state index is 15.6. The highest BCUT2D eigenvalue weighted by atomic mass is 31.2. The van der Waals surface area contributed by atoms with Gasteiger partial charge in [0.1, 0.15) is 0 Å². The van der Waals surface area contributed by atoms with Crippen molar-refractivity contribution in [2.24, 2.45) is 0 Å². The van der Waals surface area contributed by atoms with E-state index >= 15 is 9.13 Å². The molecular formula is C92H60N2O2P2. The number of fused-ring (bicyclic) bond motifs is 16. The summed E-state index contributed by atoms with van der Waals surface area (Å²) < 4.78 is 35.9. The van der Waals surface area contributed by atoms with Crippen LogP contribution in [-0.2, 0) is 9.13 Å². The molecule has 18 aromatic rings. The second-order valence-electron chi connectivity index (χ2n) is 25.7. The molecule has 460 valence electrons. The summed E-state index contributed by atoms with van der Waals surface area (Å²) in [7, 11) is -6.26. The molecule has 16 aromatic carbocycles. The predicted molar refractivity (Wildman–Crippen MR) is 415 cm³/mol.